The number of carbonyl (C=O) groups is 1. The molecule has 1 fully saturated rings. The first kappa shape index (κ1) is 35.4. The van der Waals surface area contributed by atoms with Gasteiger partial charge in [0.15, 0.2) is 6.29 Å². The lowest BCUT2D eigenvalue weighted by molar-refractivity contribution is -0.253. The van der Waals surface area contributed by atoms with E-state index in [4.69, 9.17) is 44.3 Å². The van der Waals surface area contributed by atoms with Crippen molar-refractivity contribution in [2.75, 3.05) is 13.6 Å². The molecule has 49 heavy (non-hydrogen) atoms. The summed E-state index contributed by atoms with van der Waals surface area (Å²) in [5.74, 6) is -0.671. The van der Waals surface area contributed by atoms with Crippen molar-refractivity contribution in [3.05, 3.63) is 143 Å². The van der Waals surface area contributed by atoms with Crippen molar-refractivity contribution in [2.45, 2.75) is 54.8 Å². The molecule has 9 heteroatoms. The molecule has 5 aromatic carbocycles. The number of hydrogen-bond donors (Lipinski definition) is 2. The number of ether oxygens (including phenoxy) is 2. The molecule has 0 aromatic heterocycles. The summed E-state index contributed by atoms with van der Waals surface area (Å²) in [6.07, 6.45) is -0.138. The lowest BCUT2D eigenvalue weighted by Crippen LogP contribution is -2.38. The van der Waals surface area contributed by atoms with Crippen LogP contribution in [0.4, 0.5) is 0 Å². The van der Waals surface area contributed by atoms with E-state index in [1.807, 2.05) is 72.8 Å². The number of nitrogens with one attached hydrogen (secondary N) is 1. The van der Waals surface area contributed by atoms with Gasteiger partial charge in [0, 0.05) is 31.1 Å². The highest BCUT2D eigenvalue weighted by Crippen LogP contribution is 2.39. The number of fused-ring (bicyclic) bond motifs is 1. The van der Waals surface area contributed by atoms with E-state index >= 15 is 0 Å². The molecule has 6 rings (SSSR count). The SMILES string of the molecule is CC(c1ccc2ccccc2c1)N(C)CC1CC(c2ccc(CO)cc2)OC(c2ccc(-c3cccc(CNC(=O)C(Cl)(Cl)Cl)c3)cc2)O1. The number of aliphatic hydroxyl groups excluding tert-OH is 1. The fourth-order valence-corrected chi connectivity index (χ4v) is 6.41. The topological polar surface area (TPSA) is 71.0 Å². The van der Waals surface area contributed by atoms with Crippen LogP contribution in [-0.2, 0) is 27.4 Å². The first-order valence-corrected chi connectivity index (χ1v) is 17.4. The lowest BCUT2D eigenvalue weighted by Gasteiger charge is -2.39. The molecular formula is C40H39Cl3N2O4. The zero-order valence-electron chi connectivity index (χ0n) is 27.4. The van der Waals surface area contributed by atoms with Crippen LogP contribution in [0.15, 0.2) is 115 Å². The third-order valence-electron chi connectivity index (χ3n) is 9.18. The third kappa shape index (κ3) is 8.83. The van der Waals surface area contributed by atoms with Gasteiger partial charge >= 0.3 is 0 Å². The molecule has 0 saturated carbocycles. The zero-order chi connectivity index (χ0) is 34.5. The first-order chi connectivity index (χ1) is 23.6. The molecule has 4 unspecified atom stereocenters. The third-order valence-corrected chi connectivity index (χ3v) is 9.69. The maximum Gasteiger partial charge on any atom is 0.272 e. The van der Waals surface area contributed by atoms with Crippen molar-refractivity contribution in [3.63, 3.8) is 0 Å². The Kier molecular flexibility index (Phi) is 11.3. The molecule has 1 saturated heterocycles. The van der Waals surface area contributed by atoms with Gasteiger partial charge in [0.1, 0.15) is 0 Å². The van der Waals surface area contributed by atoms with Gasteiger partial charge in [-0.2, -0.15) is 0 Å². The number of amides is 1. The Morgan fingerprint density at radius 2 is 1.55 bits per heavy atom. The summed E-state index contributed by atoms with van der Waals surface area (Å²) in [7, 11) is 2.14. The molecule has 2 N–H and O–H groups in total. The van der Waals surface area contributed by atoms with Crippen LogP contribution in [0.5, 0.6) is 0 Å². The van der Waals surface area contributed by atoms with Crippen molar-refractivity contribution in [2.24, 2.45) is 0 Å². The van der Waals surface area contributed by atoms with E-state index in [-0.39, 0.29) is 31.4 Å². The number of benzene rings is 5. The second kappa shape index (κ2) is 15.6. The predicted octanol–water partition coefficient (Wildman–Crippen LogP) is 9.22. The van der Waals surface area contributed by atoms with E-state index in [0.717, 1.165) is 39.9 Å². The largest absolute Gasteiger partial charge is 0.392 e. The molecule has 1 amide bonds. The van der Waals surface area contributed by atoms with Crippen LogP contribution in [0.2, 0.25) is 0 Å². The molecular weight excluding hydrogens is 679 g/mol. The highest BCUT2D eigenvalue weighted by atomic mass is 35.6. The van der Waals surface area contributed by atoms with E-state index < -0.39 is 16.0 Å². The van der Waals surface area contributed by atoms with E-state index in [1.165, 1.54) is 16.3 Å². The summed E-state index contributed by atoms with van der Waals surface area (Å²) < 4.78 is 11.3. The van der Waals surface area contributed by atoms with E-state index in [0.29, 0.717) is 6.42 Å². The van der Waals surface area contributed by atoms with Gasteiger partial charge in [-0.25, -0.2) is 0 Å². The van der Waals surface area contributed by atoms with Crippen LogP contribution >= 0.6 is 34.8 Å². The quantitative estimate of drug-likeness (QED) is 0.141. The maximum atomic E-state index is 12.0. The van der Waals surface area contributed by atoms with Crippen molar-refractivity contribution in [1.82, 2.24) is 10.2 Å². The lowest BCUT2D eigenvalue weighted by atomic mass is 9.98. The van der Waals surface area contributed by atoms with Gasteiger partial charge < -0.3 is 19.9 Å². The Labute approximate surface area is 302 Å². The van der Waals surface area contributed by atoms with Crippen LogP contribution in [0, 0.1) is 0 Å². The average molecular weight is 718 g/mol. The van der Waals surface area contributed by atoms with E-state index in [2.05, 4.69) is 66.7 Å². The van der Waals surface area contributed by atoms with Crippen LogP contribution in [0.25, 0.3) is 21.9 Å². The first-order valence-electron chi connectivity index (χ1n) is 16.3. The Hall–Kier alpha value is -3.46. The molecule has 5 aromatic rings. The van der Waals surface area contributed by atoms with Gasteiger partial charge in [0.25, 0.3) is 9.70 Å². The van der Waals surface area contributed by atoms with Gasteiger partial charge in [-0.1, -0.05) is 138 Å². The van der Waals surface area contributed by atoms with E-state index in [9.17, 15) is 9.90 Å². The number of rotatable bonds is 10. The summed E-state index contributed by atoms with van der Waals surface area (Å²) in [5, 5.41) is 14.7. The van der Waals surface area contributed by atoms with Gasteiger partial charge in [0.05, 0.1) is 18.8 Å². The summed E-state index contributed by atoms with van der Waals surface area (Å²) in [6, 6.07) is 39.2. The van der Waals surface area contributed by atoms with Gasteiger partial charge in [0.2, 0.25) is 0 Å². The van der Waals surface area contributed by atoms with Crippen LogP contribution in [0.3, 0.4) is 0 Å². The van der Waals surface area contributed by atoms with Crippen molar-refractivity contribution in [3.8, 4) is 11.1 Å². The highest BCUT2D eigenvalue weighted by molar-refractivity contribution is 6.76. The molecule has 0 spiro atoms. The molecule has 6 nitrogen and oxygen atoms in total. The molecule has 0 aliphatic carbocycles. The molecule has 0 bridgehead atoms. The molecule has 4 atom stereocenters. The summed E-state index contributed by atoms with van der Waals surface area (Å²) in [4.78, 5) is 14.3. The monoisotopic (exact) mass is 716 g/mol. The fraction of sp³-hybridized carbons (Fsp3) is 0.275. The van der Waals surface area contributed by atoms with Gasteiger partial charge in [-0.15, -0.1) is 0 Å². The summed E-state index contributed by atoms with van der Waals surface area (Å²) in [5.41, 5.74) is 6.96. The molecule has 1 heterocycles. The number of carbonyl (C=O) groups excluding carboxylic acids is 1. The Morgan fingerprint density at radius 3 is 2.27 bits per heavy atom. The van der Waals surface area contributed by atoms with Crippen LogP contribution in [-0.4, -0.2) is 39.4 Å². The zero-order valence-corrected chi connectivity index (χ0v) is 29.6. The Balaban J connectivity index is 1.19. The molecule has 0 radical (unpaired) electrons. The average Bonchev–Trinajstić information content (AvgIpc) is 3.13. The number of likely N-dealkylation sites (N-methyl/N-ethyl adjacent to an activating group) is 1. The number of hydrogen-bond acceptors (Lipinski definition) is 5. The molecule has 254 valence electrons. The second-order valence-electron chi connectivity index (χ2n) is 12.6. The summed E-state index contributed by atoms with van der Waals surface area (Å²) in [6.45, 7) is 3.18. The fourth-order valence-electron chi connectivity index (χ4n) is 6.21. The summed E-state index contributed by atoms with van der Waals surface area (Å²) >= 11 is 17.1. The number of nitrogens with zero attached hydrogens (tertiary/aromatic N) is 1. The Morgan fingerprint density at radius 1 is 0.837 bits per heavy atom. The van der Waals surface area contributed by atoms with Gasteiger partial charge in [-0.3, -0.25) is 9.69 Å². The maximum absolute atomic E-state index is 12.0. The van der Waals surface area contributed by atoms with E-state index in [1.54, 1.807) is 0 Å². The van der Waals surface area contributed by atoms with Crippen LogP contribution < -0.4 is 5.32 Å². The standard InChI is InChI=1S/C40H39Cl3N2O4/c1-26(33-19-16-29-7-3-4-8-35(29)21-33)45(2)24-36-22-37(31-12-10-27(25-46)11-13-31)49-38(48-36)32-17-14-30(15-18-32)34-9-5-6-28(20-34)23-44-39(47)40(41,42)43/h3-21,26,36-38,46H,22-25H2,1-2H3,(H,44,47). The van der Waals surface area contributed by atoms with Crippen molar-refractivity contribution in [1.29, 1.82) is 0 Å². The van der Waals surface area contributed by atoms with Crippen LogP contribution in [0.1, 0.15) is 59.6 Å². The van der Waals surface area contributed by atoms with Gasteiger partial charge in [-0.05, 0) is 70.3 Å². The minimum atomic E-state index is -2.01. The van der Waals surface area contributed by atoms with Crippen molar-refractivity contribution < 1.29 is 19.4 Å². The second-order valence-corrected chi connectivity index (χ2v) is 14.9. The highest BCUT2D eigenvalue weighted by Gasteiger charge is 2.34. The normalized spacial score (nSPS) is 18.8. The minimum absolute atomic E-state index is 0.00350. The number of halogens is 3. The molecule has 1 aliphatic rings. The predicted molar refractivity (Wildman–Crippen MR) is 197 cm³/mol. The minimum Gasteiger partial charge on any atom is -0.392 e. The Bertz CT molecular complexity index is 1880. The number of alkyl halides is 3. The van der Waals surface area contributed by atoms with Crippen molar-refractivity contribution >= 4 is 51.5 Å². The smallest absolute Gasteiger partial charge is 0.272 e. The molecule has 1 aliphatic heterocycles. The number of aliphatic hydroxyl groups is 1.